The van der Waals surface area contributed by atoms with E-state index < -0.39 is 0 Å². The van der Waals surface area contributed by atoms with Crippen LogP contribution in [-0.2, 0) is 4.74 Å². The molecule has 3 aliphatic rings. The molecule has 10 heavy (non-hydrogen) atoms. The second-order valence-electron chi connectivity index (χ2n) is 3.57. The first kappa shape index (κ1) is 6.44. The van der Waals surface area contributed by atoms with Crippen molar-refractivity contribution in [1.29, 1.82) is 0 Å². The first-order chi connectivity index (χ1) is 4.69. The summed E-state index contributed by atoms with van der Waals surface area (Å²) >= 11 is 7.38. The molecule has 0 amide bonds. The van der Waals surface area contributed by atoms with Gasteiger partial charge >= 0.3 is 0 Å². The van der Waals surface area contributed by atoms with Gasteiger partial charge in [0.1, 0.15) is 0 Å². The average Bonchev–Trinajstić information content (AvgIpc) is 2.70. The number of ether oxygens (including phenoxy) is 1. The summed E-state index contributed by atoms with van der Waals surface area (Å²) in [6.07, 6.45) is 3.79. The normalized spacial score (nSPS) is 60.6. The van der Waals surface area contributed by atoms with Gasteiger partial charge in [-0.25, -0.2) is 0 Å². The summed E-state index contributed by atoms with van der Waals surface area (Å²) in [7, 11) is 0. The lowest BCUT2D eigenvalue weighted by Crippen LogP contribution is -2.03. The van der Waals surface area contributed by atoms with Crippen molar-refractivity contribution >= 4 is 31.9 Å². The standard InChI is InChI=1S/C7H8Br2O/c8-7(9)3-1-5-6(10-5)2-4(3)7/h3-6H,1-2H2/t3-,4-,5+,6+/m0/s1. The lowest BCUT2D eigenvalue weighted by atomic mass is 10.0. The Morgan fingerprint density at radius 3 is 2.10 bits per heavy atom. The molecule has 4 atom stereocenters. The SMILES string of the molecule is BrC1(Br)[C@H]2C[C@H]3O[C@@H]3C[C@@H]21. The van der Waals surface area contributed by atoms with Crippen LogP contribution in [0.3, 0.4) is 0 Å². The van der Waals surface area contributed by atoms with Crippen molar-refractivity contribution in [2.45, 2.75) is 28.3 Å². The molecule has 0 unspecified atom stereocenters. The summed E-state index contributed by atoms with van der Waals surface area (Å²) in [6, 6.07) is 0. The van der Waals surface area contributed by atoms with Gasteiger partial charge in [-0.3, -0.25) is 0 Å². The Bertz CT molecular complexity index is 174. The van der Waals surface area contributed by atoms with E-state index >= 15 is 0 Å². The number of rotatable bonds is 0. The maximum atomic E-state index is 5.43. The third-order valence-corrected chi connectivity index (χ3v) is 5.38. The molecule has 1 saturated heterocycles. The van der Waals surface area contributed by atoms with E-state index in [2.05, 4.69) is 31.9 Å². The van der Waals surface area contributed by atoms with E-state index in [9.17, 15) is 0 Å². The van der Waals surface area contributed by atoms with Crippen LogP contribution >= 0.6 is 31.9 Å². The predicted octanol–water partition coefficient (Wildman–Crippen LogP) is 2.28. The van der Waals surface area contributed by atoms with Gasteiger partial charge in [-0.05, 0) is 24.7 Å². The zero-order valence-corrected chi connectivity index (χ0v) is 8.56. The van der Waals surface area contributed by atoms with Crippen LogP contribution in [0, 0.1) is 11.8 Å². The van der Waals surface area contributed by atoms with Gasteiger partial charge in [0, 0.05) is 0 Å². The van der Waals surface area contributed by atoms with Crippen LogP contribution in [0.5, 0.6) is 0 Å². The summed E-state index contributed by atoms with van der Waals surface area (Å²) in [5.41, 5.74) is 0. The predicted molar refractivity (Wildman–Crippen MR) is 45.5 cm³/mol. The van der Waals surface area contributed by atoms with Crippen LogP contribution in [0.25, 0.3) is 0 Å². The minimum absolute atomic E-state index is 0.302. The average molecular weight is 268 g/mol. The van der Waals surface area contributed by atoms with E-state index in [1.54, 1.807) is 0 Å². The van der Waals surface area contributed by atoms with E-state index in [0.29, 0.717) is 15.4 Å². The third-order valence-electron chi connectivity index (χ3n) is 3.03. The maximum Gasteiger partial charge on any atom is 0.0870 e. The van der Waals surface area contributed by atoms with Gasteiger partial charge in [0.15, 0.2) is 0 Å². The second kappa shape index (κ2) is 1.64. The van der Waals surface area contributed by atoms with Crippen molar-refractivity contribution in [2.24, 2.45) is 11.8 Å². The van der Waals surface area contributed by atoms with Gasteiger partial charge in [-0.15, -0.1) is 0 Å². The largest absolute Gasteiger partial charge is 0.370 e. The smallest absolute Gasteiger partial charge is 0.0870 e. The molecule has 0 aromatic heterocycles. The Labute approximate surface area is 76.8 Å². The van der Waals surface area contributed by atoms with Crippen molar-refractivity contribution in [3.63, 3.8) is 0 Å². The quantitative estimate of drug-likeness (QED) is 0.485. The number of fused-ring (bicyclic) bond motifs is 2. The molecule has 0 spiro atoms. The molecule has 1 nitrogen and oxygen atoms in total. The Kier molecular flexibility index (Phi) is 1.06. The van der Waals surface area contributed by atoms with E-state index in [4.69, 9.17) is 4.74 Å². The van der Waals surface area contributed by atoms with Gasteiger partial charge < -0.3 is 4.74 Å². The highest BCUT2D eigenvalue weighted by atomic mass is 79.9. The highest BCUT2D eigenvalue weighted by molar-refractivity contribution is 9.25. The Balaban J connectivity index is 1.83. The van der Waals surface area contributed by atoms with Gasteiger partial charge in [-0.2, -0.15) is 0 Å². The van der Waals surface area contributed by atoms with E-state index in [1.807, 2.05) is 0 Å². The fourth-order valence-corrected chi connectivity index (χ4v) is 3.96. The zero-order valence-electron chi connectivity index (χ0n) is 5.39. The second-order valence-corrected chi connectivity index (χ2v) is 7.26. The van der Waals surface area contributed by atoms with Crippen LogP contribution < -0.4 is 0 Å². The fraction of sp³-hybridized carbons (Fsp3) is 1.00. The molecular weight excluding hydrogens is 260 g/mol. The molecule has 2 saturated carbocycles. The molecule has 3 rings (SSSR count). The number of alkyl halides is 2. The number of hydrogen-bond acceptors (Lipinski definition) is 1. The van der Waals surface area contributed by atoms with E-state index in [1.165, 1.54) is 12.8 Å². The molecule has 0 aromatic rings. The van der Waals surface area contributed by atoms with Crippen molar-refractivity contribution in [3.8, 4) is 0 Å². The van der Waals surface area contributed by atoms with Gasteiger partial charge in [0.2, 0.25) is 0 Å². The molecule has 0 radical (unpaired) electrons. The molecule has 3 heteroatoms. The summed E-state index contributed by atoms with van der Waals surface area (Å²) in [5.74, 6) is 1.69. The number of epoxide rings is 1. The summed E-state index contributed by atoms with van der Waals surface area (Å²) in [5, 5.41) is 0. The summed E-state index contributed by atoms with van der Waals surface area (Å²) in [4.78, 5) is 0. The van der Waals surface area contributed by atoms with Crippen molar-refractivity contribution in [1.82, 2.24) is 0 Å². The van der Waals surface area contributed by atoms with Gasteiger partial charge in [0.05, 0.1) is 15.4 Å². The molecule has 0 aromatic carbocycles. The Hall–Kier alpha value is 0.920. The summed E-state index contributed by atoms with van der Waals surface area (Å²) in [6.45, 7) is 0. The van der Waals surface area contributed by atoms with Crippen LogP contribution in [-0.4, -0.2) is 15.4 Å². The molecule has 1 heterocycles. The Morgan fingerprint density at radius 1 is 1.10 bits per heavy atom. The van der Waals surface area contributed by atoms with Gasteiger partial charge in [0.25, 0.3) is 0 Å². The fourth-order valence-electron chi connectivity index (χ4n) is 2.20. The third kappa shape index (κ3) is 0.669. The lowest BCUT2D eigenvalue weighted by Gasteiger charge is -1.98. The molecule has 3 fully saturated rings. The van der Waals surface area contributed by atoms with Crippen LogP contribution in [0.2, 0.25) is 0 Å². The van der Waals surface area contributed by atoms with Crippen molar-refractivity contribution in [3.05, 3.63) is 0 Å². The lowest BCUT2D eigenvalue weighted by molar-refractivity contribution is 0.363. The molecule has 2 aliphatic carbocycles. The molecule has 56 valence electrons. The number of halogens is 2. The van der Waals surface area contributed by atoms with Crippen molar-refractivity contribution in [2.75, 3.05) is 0 Å². The number of hydrogen-bond donors (Lipinski definition) is 0. The molecular formula is C7H8Br2O. The first-order valence-electron chi connectivity index (χ1n) is 3.73. The minimum atomic E-state index is 0.302. The van der Waals surface area contributed by atoms with Crippen molar-refractivity contribution < 1.29 is 4.74 Å². The minimum Gasteiger partial charge on any atom is -0.370 e. The van der Waals surface area contributed by atoms with Crippen LogP contribution in [0.4, 0.5) is 0 Å². The monoisotopic (exact) mass is 266 g/mol. The molecule has 1 aliphatic heterocycles. The maximum absolute atomic E-state index is 5.43. The first-order valence-corrected chi connectivity index (χ1v) is 5.31. The molecule has 0 N–H and O–H groups in total. The molecule has 0 bridgehead atoms. The Morgan fingerprint density at radius 2 is 1.60 bits per heavy atom. The van der Waals surface area contributed by atoms with Crippen LogP contribution in [0.1, 0.15) is 12.8 Å². The van der Waals surface area contributed by atoms with E-state index in [-0.39, 0.29) is 0 Å². The van der Waals surface area contributed by atoms with Gasteiger partial charge in [-0.1, -0.05) is 31.9 Å². The van der Waals surface area contributed by atoms with E-state index in [0.717, 1.165) is 11.8 Å². The van der Waals surface area contributed by atoms with Crippen LogP contribution in [0.15, 0.2) is 0 Å². The summed E-state index contributed by atoms with van der Waals surface area (Å²) < 4.78 is 5.73. The highest BCUT2D eigenvalue weighted by Gasteiger charge is 2.68. The highest BCUT2D eigenvalue weighted by Crippen LogP contribution is 2.70. The zero-order chi connectivity index (χ0) is 6.93. The topological polar surface area (TPSA) is 12.5 Å².